The van der Waals surface area contributed by atoms with E-state index in [-0.39, 0.29) is 23.0 Å². The minimum atomic E-state index is -0.160. The van der Waals surface area contributed by atoms with Gasteiger partial charge in [0.25, 0.3) is 0 Å². The van der Waals surface area contributed by atoms with Crippen LogP contribution in [0.5, 0.6) is 0 Å². The van der Waals surface area contributed by atoms with Crippen LogP contribution in [0.3, 0.4) is 0 Å². The number of imidazole rings is 1. The molecule has 1 fully saturated rings. The summed E-state index contributed by atoms with van der Waals surface area (Å²) in [5.74, 6) is 1.20. The summed E-state index contributed by atoms with van der Waals surface area (Å²) >= 11 is 0. The van der Waals surface area contributed by atoms with E-state index < -0.39 is 0 Å². The van der Waals surface area contributed by atoms with Crippen LogP contribution in [0, 0.1) is 11.3 Å². The van der Waals surface area contributed by atoms with Gasteiger partial charge in [0.1, 0.15) is 5.76 Å². The fraction of sp³-hybridized carbons (Fsp3) is 0.273. The molecule has 4 rings (SSSR count). The van der Waals surface area contributed by atoms with Crippen LogP contribution in [-0.2, 0) is 0 Å². The third kappa shape index (κ3) is 2.45. The standard InChI is InChI=1S/C22H22N2O2/c1-15(2)22(3)14-17(19(22)18-10-7-13-26-18)20(25)21-23-11-12-24(21)16-8-5-4-6-9-16/h4-13,17,19H,1,14H2,2-3H3/t17-,19-,22-/m0/s1. The van der Waals surface area contributed by atoms with Crippen molar-refractivity contribution in [1.82, 2.24) is 9.55 Å². The summed E-state index contributed by atoms with van der Waals surface area (Å²) in [5.41, 5.74) is 1.88. The first-order chi connectivity index (χ1) is 12.5. The second-order valence-electron chi connectivity index (χ2n) is 7.32. The van der Waals surface area contributed by atoms with Crippen molar-refractivity contribution in [2.45, 2.75) is 26.2 Å². The number of benzene rings is 1. The zero-order valence-corrected chi connectivity index (χ0v) is 15.1. The number of hydrogen-bond acceptors (Lipinski definition) is 3. The van der Waals surface area contributed by atoms with Crippen LogP contribution in [0.4, 0.5) is 0 Å². The van der Waals surface area contributed by atoms with E-state index in [4.69, 9.17) is 4.42 Å². The van der Waals surface area contributed by atoms with Gasteiger partial charge in [-0.1, -0.05) is 37.3 Å². The summed E-state index contributed by atoms with van der Waals surface area (Å²) in [6.45, 7) is 8.35. The number of hydrogen-bond donors (Lipinski definition) is 0. The van der Waals surface area contributed by atoms with Gasteiger partial charge in [-0.05, 0) is 43.0 Å². The van der Waals surface area contributed by atoms with E-state index in [1.807, 2.05) is 60.2 Å². The molecule has 0 radical (unpaired) electrons. The molecule has 0 aliphatic heterocycles. The SMILES string of the molecule is C=C(C)[C@]1(C)C[C@H](C(=O)c2nccn2-c2ccccc2)[C@H]1c1ccco1. The van der Waals surface area contributed by atoms with E-state index >= 15 is 0 Å². The third-order valence-corrected chi connectivity index (χ3v) is 5.79. The molecule has 0 saturated heterocycles. The number of allylic oxidation sites excluding steroid dienone is 1. The van der Waals surface area contributed by atoms with Crippen molar-refractivity contribution in [3.63, 3.8) is 0 Å². The van der Waals surface area contributed by atoms with Gasteiger partial charge in [-0.15, -0.1) is 0 Å². The average molecular weight is 346 g/mol. The molecule has 3 aromatic rings. The highest BCUT2D eigenvalue weighted by molar-refractivity contribution is 5.97. The van der Waals surface area contributed by atoms with Gasteiger partial charge in [-0.2, -0.15) is 0 Å². The van der Waals surface area contributed by atoms with Gasteiger partial charge < -0.3 is 4.42 Å². The van der Waals surface area contributed by atoms with Crippen molar-refractivity contribution >= 4 is 5.78 Å². The Labute approximate surface area is 153 Å². The number of Topliss-reactive ketones (excluding diaryl/α,β-unsaturated/α-hetero) is 1. The molecule has 1 aromatic carbocycles. The van der Waals surface area contributed by atoms with E-state index in [1.54, 1.807) is 12.5 Å². The van der Waals surface area contributed by atoms with Gasteiger partial charge in [-0.25, -0.2) is 4.98 Å². The molecule has 0 bridgehead atoms. The normalized spacial score (nSPS) is 24.8. The number of furan rings is 1. The van der Waals surface area contributed by atoms with Crippen molar-refractivity contribution in [3.05, 3.63) is 84.9 Å². The number of carbonyl (C=O) groups is 1. The van der Waals surface area contributed by atoms with Crippen molar-refractivity contribution in [3.8, 4) is 5.69 Å². The van der Waals surface area contributed by atoms with Crippen LogP contribution in [0.1, 0.15) is 42.6 Å². The first kappa shape index (κ1) is 16.6. The zero-order valence-electron chi connectivity index (χ0n) is 15.1. The summed E-state index contributed by atoms with van der Waals surface area (Å²) in [6, 6.07) is 13.6. The van der Waals surface area contributed by atoms with E-state index in [0.717, 1.165) is 23.4 Å². The molecule has 0 N–H and O–H groups in total. The lowest BCUT2D eigenvalue weighted by Crippen LogP contribution is -2.48. The van der Waals surface area contributed by atoms with Gasteiger partial charge >= 0.3 is 0 Å². The molecule has 4 nitrogen and oxygen atoms in total. The van der Waals surface area contributed by atoms with Crippen LogP contribution >= 0.6 is 0 Å². The maximum atomic E-state index is 13.3. The number of rotatable bonds is 5. The lowest BCUT2D eigenvalue weighted by molar-refractivity contribution is 0.0395. The first-order valence-electron chi connectivity index (χ1n) is 8.85. The van der Waals surface area contributed by atoms with Crippen LogP contribution < -0.4 is 0 Å². The Morgan fingerprint density at radius 2 is 2.04 bits per heavy atom. The highest BCUT2D eigenvalue weighted by Gasteiger charge is 2.56. The monoisotopic (exact) mass is 346 g/mol. The molecule has 0 amide bonds. The van der Waals surface area contributed by atoms with Gasteiger partial charge in [0.05, 0.1) is 6.26 Å². The second kappa shape index (κ2) is 6.13. The summed E-state index contributed by atoms with van der Waals surface area (Å²) in [4.78, 5) is 17.7. The molecule has 26 heavy (non-hydrogen) atoms. The quantitative estimate of drug-likeness (QED) is 0.481. The van der Waals surface area contributed by atoms with Crippen LogP contribution in [0.25, 0.3) is 5.69 Å². The molecule has 0 unspecified atom stereocenters. The Hall–Kier alpha value is -2.88. The van der Waals surface area contributed by atoms with E-state index in [0.29, 0.717) is 5.82 Å². The first-order valence-corrected chi connectivity index (χ1v) is 8.85. The smallest absolute Gasteiger partial charge is 0.202 e. The van der Waals surface area contributed by atoms with Crippen molar-refractivity contribution < 1.29 is 9.21 Å². The fourth-order valence-electron chi connectivity index (χ4n) is 4.10. The lowest BCUT2D eigenvalue weighted by atomic mass is 9.50. The van der Waals surface area contributed by atoms with Crippen molar-refractivity contribution in [2.75, 3.05) is 0 Å². The molecule has 2 heterocycles. The number of para-hydroxylation sites is 1. The van der Waals surface area contributed by atoms with Gasteiger partial charge in [-0.3, -0.25) is 9.36 Å². The molecule has 1 aliphatic rings. The number of ketones is 1. The summed E-state index contributed by atoms with van der Waals surface area (Å²) < 4.78 is 7.53. The van der Waals surface area contributed by atoms with E-state index in [1.165, 1.54) is 0 Å². The summed E-state index contributed by atoms with van der Waals surface area (Å²) in [6.07, 6.45) is 5.94. The fourth-order valence-corrected chi connectivity index (χ4v) is 4.10. The van der Waals surface area contributed by atoms with Gasteiger partial charge in [0.2, 0.25) is 5.78 Å². The van der Waals surface area contributed by atoms with Gasteiger partial charge in [0, 0.05) is 29.9 Å². The Kier molecular flexibility index (Phi) is 3.91. The molecular weight excluding hydrogens is 324 g/mol. The largest absolute Gasteiger partial charge is 0.469 e. The Bertz CT molecular complexity index is 940. The Morgan fingerprint density at radius 3 is 2.69 bits per heavy atom. The van der Waals surface area contributed by atoms with Crippen molar-refractivity contribution in [2.24, 2.45) is 11.3 Å². The van der Waals surface area contributed by atoms with E-state index in [9.17, 15) is 4.79 Å². The zero-order chi connectivity index (χ0) is 18.3. The molecule has 132 valence electrons. The van der Waals surface area contributed by atoms with Crippen molar-refractivity contribution in [1.29, 1.82) is 0 Å². The Morgan fingerprint density at radius 1 is 1.27 bits per heavy atom. The predicted molar refractivity (Wildman–Crippen MR) is 100 cm³/mol. The molecule has 4 heteroatoms. The summed E-state index contributed by atoms with van der Waals surface area (Å²) in [7, 11) is 0. The predicted octanol–water partition coefficient (Wildman–Crippen LogP) is 5.03. The summed E-state index contributed by atoms with van der Waals surface area (Å²) in [5, 5.41) is 0. The third-order valence-electron chi connectivity index (χ3n) is 5.79. The minimum Gasteiger partial charge on any atom is -0.469 e. The molecule has 2 aromatic heterocycles. The van der Waals surface area contributed by atoms with Gasteiger partial charge in [0.15, 0.2) is 5.82 Å². The van der Waals surface area contributed by atoms with Crippen LogP contribution in [0.2, 0.25) is 0 Å². The molecule has 1 aliphatic carbocycles. The molecular formula is C22H22N2O2. The topological polar surface area (TPSA) is 48.0 Å². The number of carbonyl (C=O) groups excluding carboxylic acids is 1. The Balaban J connectivity index is 1.70. The highest BCUT2D eigenvalue weighted by Crippen LogP contribution is 2.61. The highest BCUT2D eigenvalue weighted by atomic mass is 16.3. The van der Waals surface area contributed by atoms with Crippen LogP contribution in [-0.4, -0.2) is 15.3 Å². The number of aromatic nitrogens is 2. The number of nitrogens with zero attached hydrogens (tertiary/aromatic N) is 2. The molecule has 0 spiro atoms. The maximum absolute atomic E-state index is 13.3. The molecule has 3 atom stereocenters. The second-order valence-corrected chi connectivity index (χ2v) is 7.32. The van der Waals surface area contributed by atoms with Crippen LogP contribution in [0.15, 0.2) is 77.7 Å². The lowest BCUT2D eigenvalue weighted by Gasteiger charge is -2.52. The minimum absolute atomic E-state index is 0.0107. The van der Waals surface area contributed by atoms with E-state index in [2.05, 4.69) is 18.5 Å². The molecule has 1 saturated carbocycles. The maximum Gasteiger partial charge on any atom is 0.202 e. The average Bonchev–Trinajstić information content (AvgIpc) is 3.31.